The molecule has 1 atom stereocenters. The highest BCUT2D eigenvalue weighted by Gasteiger charge is 2.28. The Morgan fingerprint density at radius 2 is 1.81 bits per heavy atom. The van der Waals surface area contributed by atoms with Gasteiger partial charge in [-0.05, 0) is 42.8 Å². The molecular formula is C22H18ClN3O5. The lowest BCUT2D eigenvalue weighted by Crippen LogP contribution is -2.30. The van der Waals surface area contributed by atoms with Crippen LogP contribution in [0.4, 0.5) is 5.69 Å². The Labute approximate surface area is 183 Å². The first-order valence-corrected chi connectivity index (χ1v) is 9.80. The zero-order valence-corrected chi connectivity index (χ0v) is 17.3. The summed E-state index contributed by atoms with van der Waals surface area (Å²) in [5.74, 6) is -1.68. The minimum atomic E-state index is -1.08. The van der Waals surface area contributed by atoms with Gasteiger partial charge in [-0.3, -0.25) is 19.3 Å². The maximum absolute atomic E-state index is 12.3. The topological polar surface area (TPSA) is 117 Å². The number of esters is 1. The third-order valence-electron chi connectivity index (χ3n) is 4.70. The number of imide groups is 1. The first-order valence-electron chi connectivity index (χ1n) is 9.42. The summed E-state index contributed by atoms with van der Waals surface area (Å²) in [6.45, 7) is 1.58. The van der Waals surface area contributed by atoms with E-state index in [-0.39, 0.29) is 47.4 Å². The van der Waals surface area contributed by atoms with E-state index < -0.39 is 18.0 Å². The van der Waals surface area contributed by atoms with E-state index in [0.29, 0.717) is 11.3 Å². The first-order chi connectivity index (χ1) is 14.8. The van der Waals surface area contributed by atoms with Gasteiger partial charge < -0.3 is 10.1 Å². The van der Waals surface area contributed by atoms with Crippen LogP contribution in [0, 0.1) is 11.3 Å². The fourth-order valence-electron chi connectivity index (χ4n) is 2.94. The highest BCUT2D eigenvalue weighted by molar-refractivity contribution is 6.32. The Bertz CT molecular complexity index is 1080. The minimum Gasteiger partial charge on any atom is -0.449 e. The normalized spacial score (nSPS) is 14.2. The summed E-state index contributed by atoms with van der Waals surface area (Å²) in [5, 5.41) is 11.7. The van der Waals surface area contributed by atoms with Crippen molar-refractivity contribution < 1.29 is 23.9 Å². The molecule has 0 aliphatic carbocycles. The summed E-state index contributed by atoms with van der Waals surface area (Å²) in [6.07, 6.45) is -0.642. The van der Waals surface area contributed by atoms with Crippen LogP contribution in [-0.2, 0) is 25.7 Å². The number of benzene rings is 2. The van der Waals surface area contributed by atoms with Gasteiger partial charge in [0.25, 0.3) is 5.91 Å². The Hall–Kier alpha value is -3.70. The molecule has 9 heteroatoms. The van der Waals surface area contributed by atoms with Crippen LogP contribution in [0.5, 0.6) is 0 Å². The Morgan fingerprint density at radius 3 is 2.39 bits per heavy atom. The molecule has 2 aromatic carbocycles. The second-order valence-corrected chi connectivity index (χ2v) is 7.32. The summed E-state index contributed by atoms with van der Waals surface area (Å²) in [7, 11) is 0. The van der Waals surface area contributed by atoms with Gasteiger partial charge in [0.1, 0.15) is 6.07 Å². The van der Waals surface area contributed by atoms with Crippen molar-refractivity contribution in [3.05, 3.63) is 64.2 Å². The van der Waals surface area contributed by atoms with Crippen LogP contribution in [0.2, 0.25) is 5.02 Å². The number of carbonyl (C=O) groups excluding carboxylic acids is 4. The van der Waals surface area contributed by atoms with Crippen LogP contribution < -0.4 is 5.32 Å². The predicted octanol–water partition coefficient (Wildman–Crippen LogP) is 3.04. The average molecular weight is 440 g/mol. The number of rotatable bonds is 6. The quantitative estimate of drug-likeness (QED) is 0.546. The second kappa shape index (κ2) is 9.41. The minimum absolute atomic E-state index is 0.152. The number of carbonyl (C=O) groups is 4. The molecule has 8 nitrogen and oxygen atoms in total. The number of likely N-dealkylation sites (tertiary alicyclic amines) is 1. The van der Waals surface area contributed by atoms with E-state index in [1.165, 1.54) is 42.2 Å². The van der Waals surface area contributed by atoms with Crippen molar-refractivity contribution in [2.45, 2.75) is 32.4 Å². The van der Waals surface area contributed by atoms with Crippen LogP contribution in [0.3, 0.4) is 0 Å². The van der Waals surface area contributed by atoms with E-state index in [4.69, 9.17) is 21.6 Å². The number of halogens is 1. The SMILES string of the molecule is CC(OC(=O)c1ccc(CN2C(=O)CCC2=O)cc1)C(=O)Nc1ccc(C#N)c(Cl)c1. The molecule has 1 unspecified atom stereocenters. The molecule has 3 rings (SSSR count). The van der Waals surface area contributed by atoms with Gasteiger partial charge in [-0.2, -0.15) is 5.26 Å². The van der Waals surface area contributed by atoms with Gasteiger partial charge in [-0.1, -0.05) is 23.7 Å². The zero-order valence-electron chi connectivity index (χ0n) is 16.6. The smallest absolute Gasteiger partial charge is 0.338 e. The standard InChI is InChI=1S/C22H18ClN3O5/c1-13(21(29)25-17-7-6-16(11-24)18(23)10-17)31-22(30)15-4-2-14(3-5-15)12-26-19(27)8-9-20(26)28/h2-7,10,13H,8-9,12H2,1H3,(H,25,29). The average Bonchev–Trinajstić information content (AvgIpc) is 3.06. The van der Waals surface area contributed by atoms with Gasteiger partial charge in [0.05, 0.1) is 22.7 Å². The third-order valence-corrected chi connectivity index (χ3v) is 5.01. The number of hydrogen-bond donors (Lipinski definition) is 1. The molecule has 0 aromatic heterocycles. The summed E-state index contributed by atoms with van der Waals surface area (Å²) < 4.78 is 5.20. The van der Waals surface area contributed by atoms with Crippen LogP contribution >= 0.6 is 11.6 Å². The van der Waals surface area contributed by atoms with Gasteiger partial charge in [-0.15, -0.1) is 0 Å². The monoisotopic (exact) mass is 439 g/mol. The molecule has 158 valence electrons. The first kappa shape index (κ1) is 22.0. The molecule has 0 radical (unpaired) electrons. The molecule has 31 heavy (non-hydrogen) atoms. The Balaban J connectivity index is 1.57. The van der Waals surface area contributed by atoms with Gasteiger partial charge in [-0.25, -0.2) is 4.79 Å². The number of nitrogens with zero attached hydrogens (tertiary/aromatic N) is 2. The van der Waals surface area contributed by atoms with E-state index >= 15 is 0 Å². The molecule has 1 aliphatic rings. The highest BCUT2D eigenvalue weighted by atomic mass is 35.5. The van der Waals surface area contributed by atoms with Crippen molar-refractivity contribution in [1.82, 2.24) is 4.90 Å². The predicted molar refractivity (Wildman–Crippen MR) is 111 cm³/mol. The molecule has 1 N–H and O–H groups in total. The molecule has 0 bridgehead atoms. The summed E-state index contributed by atoms with van der Waals surface area (Å²) in [4.78, 5) is 49.2. The van der Waals surface area contributed by atoms with E-state index in [9.17, 15) is 19.2 Å². The molecular weight excluding hydrogens is 422 g/mol. The van der Waals surface area contributed by atoms with E-state index in [1.54, 1.807) is 12.1 Å². The summed E-state index contributed by atoms with van der Waals surface area (Å²) >= 11 is 5.94. The molecule has 1 aliphatic heterocycles. The lowest BCUT2D eigenvalue weighted by molar-refractivity contribution is -0.139. The Kier molecular flexibility index (Phi) is 6.68. The lowest BCUT2D eigenvalue weighted by atomic mass is 10.1. The molecule has 0 saturated carbocycles. The van der Waals surface area contributed by atoms with Crippen molar-refractivity contribution in [2.24, 2.45) is 0 Å². The van der Waals surface area contributed by atoms with Crippen molar-refractivity contribution in [3.63, 3.8) is 0 Å². The third kappa shape index (κ3) is 5.27. The number of ether oxygens (including phenoxy) is 1. The van der Waals surface area contributed by atoms with Gasteiger partial charge in [0.15, 0.2) is 6.10 Å². The van der Waals surface area contributed by atoms with Crippen molar-refractivity contribution in [3.8, 4) is 6.07 Å². The molecule has 0 spiro atoms. The molecule has 1 heterocycles. The van der Waals surface area contributed by atoms with E-state index in [1.807, 2.05) is 6.07 Å². The van der Waals surface area contributed by atoms with Crippen molar-refractivity contribution in [1.29, 1.82) is 5.26 Å². The number of hydrogen-bond acceptors (Lipinski definition) is 6. The van der Waals surface area contributed by atoms with Gasteiger partial charge in [0.2, 0.25) is 11.8 Å². The largest absolute Gasteiger partial charge is 0.449 e. The number of anilines is 1. The molecule has 1 fully saturated rings. The number of amides is 3. The van der Waals surface area contributed by atoms with Crippen LogP contribution in [0.15, 0.2) is 42.5 Å². The fourth-order valence-corrected chi connectivity index (χ4v) is 3.16. The highest BCUT2D eigenvalue weighted by Crippen LogP contribution is 2.21. The number of nitrogens with one attached hydrogen (secondary N) is 1. The zero-order chi connectivity index (χ0) is 22.5. The van der Waals surface area contributed by atoms with Crippen LogP contribution in [0.1, 0.15) is 41.3 Å². The van der Waals surface area contributed by atoms with Gasteiger partial charge >= 0.3 is 5.97 Å². The maximum atomic E-state index is 12.3. The molecule has 3 amide bonds. The Morgan fingerprint density at radius 1 is 1.16 bits per heavy atom. The molecule has 1 saturated heterocycles. The summed E-state index contributed by atoms with van der Waals surface area (Å²) in [5.41, 5.74) is 1.57. The van der Waals surface area contributed by atoms with E-state index in [2.05, 4.69) is 5.32 Å². The maximum Gasteiger partial charge on any atom is 0.338 e. The number of nitriles is 1. The summed E-state index contributed by atoms with van der Waals surface area (Å²) in [6, 6.07) is 12.6. The fraction of sp³-hybridized carbons (Fsp3) is 0.227. The van der Waals surface area contributed by atoms with Crippen LogP contribution in [0.25, 0.3) is 0 Å². The van der Waals surface area contributed by atoms with Crippen molar-refractivity contribution in [2.75, 3.05) is 5.32 Å². The van der Waals surface area contributed by atoms with Crippen LogP contribution in [-0.4, -0.2) is 34.7 Å². The second-order valence-electron chi connectivity index (χ2n) is 6.91. The van der Waals surface area contributed by atoms with Crippen molar-refractivity contribution >= 4 is 41.0 Å². The van der Waals surface area contributed by atoms with E-state index in [0.717, 1.165) is 0 Å². The molecule has 2 aromatic rings. The van der Waals surface area contributed by atoms with Gasteiger partial charge in [0, 0.05) is 18.5 Å². The lowest BCUT2D eigenvalue weighted by Gasteiger charge is -2.15.